The zero-order chi connectivity index (χ0) is 9.52. The fraction of sp³-hybridized carbons (Fsp3) is 1.00. The molecule has 3 heteroatoms. The van der Waals surface area contributed by atoms with Crippen LogP contribution < -0.4 is 0 Å². The van der Waals surface area contributed by atoms with Crippen molar-refractivity contribution in [2.75, 3.05) is 20.5 Å². The van der Waals surface area contributed by atoms with E-state index in [-0.39, 0.29) is 0 Å². The predicted octanol–water partition coefficient (Wildman–Crippen LogP) is 1.95. The number of hydrogen-bond donors (Lipinski definition) is 0. The van der Waals surface area contributed by atoms with Crippen LogP contribution in [0.25, 0.3) is 0 Å². The van der Waals surface area contributed by atoms with Crippen LogP contribution in [0.15, 0.2) is 0 Å². The lowest BCUT2D eigenvalue weighted by Gasteiger charge is -1.98. The third kappa shape index (κ3) is 4.60. The minimum absolute atomic E-state index is 0.340. The summed E-state index contributed by atoms with van der Waals surface area (Å²) in [6, 6.07) is 0. The van der Waals surface area contributed by atoms with Crippen LogP contribution in [-0.2, 0) is 14.2 Å². The highest BCUT2D eigenvalue weighted by Gasteiger charge is 2.37. The topological polar surface area (TPSA) is 31.0 Å². The van der Waals surface area contributed by atoms with Gasteiger partial charge < -0.3 is 14.2 Å². The molecule has 1 aliphatic heterocycles. The Labute approximate surface area is 80.4 Å². The summed E-state index contributed by atoms with van der Waals surface area (Å²) in [6.07, 6.45) is 5.86. The van der Waals surface area contributed by atoms with Gasteiger partial charge >= 0.3 is 0 Å². The van der Waals surface area contributed by atoms with Crippen molar-refractivity contribution in [1.29, 1.82) is 0 Å². The molecule has 0 aliphatic carbocycles. The smallest absolute Gasteiger partial charge is 0.146 e. The first-order chi connectivity index (χ1) is 6.38. The zero-order valence-electron chi connectivity index (χ0n) is 8.62. The van der Waals surface area contributed by atoms with Crippen molar-refractivity contribution in [2.45, 2.75) is 44.8 Å². The van der Waals surface area contributed by atoms with Crippen LogP contribution in [0.4, 0.5) is 0 Å². The molecule has 1 rings (SSSR count). The Morgan fingerprint density at radius 3 is 2.77 bits per heavy atom. The summed E-state index contributed by atoms with van der Waals surface area (Å²) in [5.41, 5.74) is 0. The molecule has 0 bridgehead atoms. The van der Waals surface area contributed by atoms with Crippen LogP contribution in [0.2, 0.25) is 0 Å². The largest absolute Gasteiger partial charge is 0.367 e. The lowest BCUT2D eigenvalue weighted by atomic mass is 10.1. The maximum Gasteiger partial charge on any atom is 0.146 e. The molecule has 1 aliphatic rings. The summed E-state index contributed by atoms with van der Waals surface area (Å²) in [7, 11) is 1.63. The zero-order valence-corrected chi connectivity index (χ0v) is 8.62. The van der Waals surface area contributed by atoms with Gasteiger partial charge in [0.25, 0.3) is 0 Å². The molecule has 3 nitrogen and oxygen atoms in total. The van der Waals surface area contributed by atoms with Gasteiger partial charge in [0.1, 0.15) is 12.9 Å². The molecule has 78 valence electrons. The SMILES string of the molecule is CCCCC[C@H]1O[C@H]1COCOC. The van der Waals surface area contributed by atoms with Gasteiger partial charge in [-0.3, -0.25) is 0 Å². The quantitative estimate of drug-likeness (QED) is 0.331. The van der Waals surface area contributed by atoms with Crippen LogP contribution in [0.1, 0.15) is 32.6 Å². The summed E-state index contributed by atoms with van der Waals surface area (Å²) in [5.74, 6) is 0. The van der Waals surface area contributed by atoms with Crippen LogP contribution in [0, 0.1) is 0 Å². The second-order valence-electron chi connectivity index (χ2n) is 3.49. The van der Waals surface area contributed by atoms with Gasteiger partial charge in [-0.2, -0.15) is 0 Å². The van der Waals surface area contributed by atoms with Gasteiger partial charge in [-0.1, -0.05) is 26.2 Å². The fourth-order valence-electron chi connectivity index (χ4n) is 1.42. The van der Waals surface area contributed by atoms with E-state index in [9.17, 15) is 0 Å². The minimum atomic E-state index is 0.340. The Morgan fingerprint density at radius 2 is 2.08 bits per heavy atom. The summed E-state index contributed by atoms with van der Waals surface area (Å²) >= 11 is 0. The first-order valence-corrected chi connectivity index (χ1v) is 5.10. The van der Waals surface area contributed by atoms with Gasteiger partial charge in [-0.15, -0.1) is 0 Å². The summed E-state index contributed by atoms with van der Waals surface area (Å²) in [5, 5.41) is 0. The highest BCUT2D eigenvalue weighted by Crippen LogP contribution is 2.27. The molecule has 0 aromatic heterocycles. The average Bonchev–Trinajstić information content (AvgIpc) is 2.85. The van der Waals surface area contributed by atoms with E-state index in [4.69, 9.17) is 14.2 Å². The molecule has 1 heterocycles. The first kappa shape index (κ1) is 11.0. The molecular formula is C10H20O3. The molecule has 0 radical (unpaired) electrons. The molecule has 0 aromatic rings. The van der Waals surface area contributed by atoms with Crippen LogP contribution in [0.5, 0.6) is 0 Å². The number of ether oxygens (including phenoxy) is 3. The Morgan fingerprint density at radius 1 is 1.23 bits per heavy atom. The van der Waals surface area contributed by atoms with Crippen LogP contribution in [0.3, 0.4) is 0 Å². The predicted molar refractivity (Wildman–Crippen MR) is 50.6 cm³/mol. The molecule has 0 saturated carbocycles. The molecular weight excluding hydrogens is 168 g/mol. The molecule has 13 heavy (non-hydrogen) atoms. The van der Waals surface area contributed by atoms with Crippen molar-refractivity contribution < 1.29 is 14.2 Å². The molecule has 0 N–H and O–H groups in total. The van der Waals surface area contributed by atoms with Gasteiger partial charge in [0.05, 0.1) is 12.7 Å². The Balaban J connectivity index is 1.85. The number of unbranched alkanes of at least 4 members (excludes halogenated alkanes) is 2. The van der Waals surface area contributed by atoms with E-state index in [2.05, 4.69) is 6.92 Å². The van der Waals surface area contributed by atoms with E-state index in [1.54, 1.807) is 7.11 Å². The molecule has 0 unspecified atom stereocenters. The van der Waals surface area contributed by atoms with Crippen molar-refractivity contribution in [3.8, 4) is 0 Å². The summed E-state index contributed by atoms with van der Waals surface area (Å²) < 4.78 is 15.4. The first-order valence-electron chi connectivity index (χ1n) is 5.10. The Kier molecular flexibility index (Phi) is 5.35. The van der Waals surface area contributed by atoms with Crippen molar-refractivity contribution in [2.24, 2.45) is 0 Å². The van der Waals surface area contributed by atoms with E-state index < -0.39 is 0 Å². The van der Waals surface area contributed by atoms with E-state index in [1.165, 1.54) is 25.7 Å². The monoisotopic (exact) mass is 188 g/mol. The number of hydrogen-bond acceptors (Lipinski definition) is 3. The van der Waals surface area contributed by atoms with Gasteiger partial charge in [-0.25, -0.2) is 0 Å². The second kappa shape index (κ2) is 6.35. The molecule has 2 atom stereocenters. The fourth-order valence-corrected chi connectivity index (χ4v) is 1.42. The lowest BCUT2D eigenvalue weighted by molar-refractivity contribution is -0.0351. The average molecular weight is 188 g/mol. The molecule has 0 aromatic carbocycles. The van der Waals surface area contributed by atoms with E-state index in [0.717, 1.165) is 0 Å². The van der Waals surface area contributed by atoms with Crippen molar-refractivity contribution >= 4 is 0 Å². The third-order valence-electron chi connectivity index (χ3n) is 2.26. The highest BCUT2D eigenvalue weighted by atomic mass is 16.7. The summed E-state index contributed by atoms with van der Waals surface area (Å²) in [6.45, 7) is 3.28. The van der Waals surface area contributed by atoms with Gasteiger partial charge in [0.15, 0.2) is 0 Å². The van der Waals surface area contributed by atoms with Crippen molar-refractivity contribution in [1.82, 2.24) is 0 Å². The second-order valence-corrected chi connectivity index (χ2v) is 3.49. The third-order valence-corrected chi connectivity index (χ3v) is 2.26. The maximum atomic E-state index is 5.43. The number of rotatable bonds is 8. The molecule has 0 spiro atoms. The van der Waals surface area contributed by atoms with Gasteiger partial charge in [0, 0.05) is 7.11 Å². The van der Waals surface area contributed by atoms with Crippen molar-refractivity contribution in [3.63, 3.8) is 0 Å². The van der Waals surface area contributed by atoms with Crippen LogP contribution >= 0.6 is 0 Å². The Hall–Kier alpha value is -0.120. The number of epoxide rings is 1. The highest BCUT2D eigenvalue weighted by molar-refractivity contribution is 4.84. The van der Waals surface area contributed by atoms with E-state index in [1.807, 2.05) is 0 Å². The molecule has 1 fully saturated rings. The number of methoxy groups -OCH3 is 1. The lowest BCUT2D eigenvalue weighted by Crippen LogP contribution is -2.06. The van der Waals surface area contributed by atoms with Gasteiger partial charge in [-0.05, 0) is 6.42 Å². The Bertz CT molecular complexity index is 113. The molecule has 1 saturated heterocycles. The van der Waals surface area contributed by atoms with Gasteiger partial charge in [0.2, 0.25) is 0 Å². The standard InChI is InChI=1S/C10H20O3/c1-3-4-5-6-9-10(13-9)7-12-8-11-2/h9-10H,3-8H2,1-2H3/t9-,10+/m1/s1. The minimum Gasteiger partial charge on any atom is -0.367 e. The normalized spacial score (nSPS) is 26.3. The van der Waals surface area contributed by atoms with Crippen LogP contribution in [-0.4, -0.2) is 32.7 Å². The van der Waals surface area contributed by atoms with E-state index >= 15 is 0 Å². The molecule has 0 amide bonds. The van der Waals surface area contributed by atoms with E-state index in [0.29, 0.717) is 25.6 Å². The maximum absolute atomic E-state index is 5.43. The van der Waals surface area contributed by atoms with Crippen molar-refractivity contribution in [3.05, 3.63) is 0 Å². The summed E-state index contributed by atoms with van der Waals surface area (Å²) in [4.78, 5) is 0.